The van der Waals surface area contributed by atoms with E-state index in [1.54, 1.807) is 12.2 Å². The van der Waals surface area contributed by atoms with Crippen molar-refractivity contribution < 1.29 is 19.1 Å². The number of fused-ring (bicyclic) bond motifs is 2. The minimum atomic E-state index is -0.801. The van der Waals surface area contributed by atoms with Gasteiger partial charge in [-0.3, -0.25) is 9.59 Å². The first kappa shape index (κ1) is 17.7. The summed E-state index contributed by atoms with van der Waals surface area (Å²) in [6, 6.07) is 0. The molecule has 0 aromatic heterocycles. The van der Waals surface area contributed by atoms with Crippen molar-refractivity contribution in [3.8, 4) is 0 Å². The highest BCUT2D eigenvalue weighted by Gasteiger charge is 2.54. The first-order chi connectivity index (χ1) is 10.9. The predicted octanol–water partition coefficient (Wildman–Crippen LogP) is 3.53. The van der Waals surface area contributed by atoms with Gasteiger partial charge in [-0.25, -0.2) is 0 Å². The molecule has 0 aromatic carbocycles. The summed E-state index contributed by atoms with van der Waals surface area (Å²) in [5, 5.41) is 0. The molecule has 0 aromatic rings. The number of methoxy groups -OCH3 is 1. The normalized spacial score (nSPS) is 29.6. The number of hydrogen-bond donors (Lipinski definition) is 0. The summed E-state index contributed by atoms with van der Waals surface area (Å²) in [4.78, 5) is 24.3. The van der Waals surface area contributed by atoms with Crippen LogP contribution in [0.5, 0.6) is 0 Å². The third-order valence-corrected chi connectivity index (χ3v) is 4.60. The van der Waals surface area contributed by atoms with Crippen molar-refractivity contribution in [2.75, 3.05) is 7.11 Å². The summed E-state index contributed by atoms with van der Waals surface area (Å²) in [6.07, 6.45) is 9.64. The fourth-order valence-electron chi connectivity index (χ4n) is 3.28. The van der Waals surface area contributed by atoms with Gasteiger partial charge in [-0.05, 0) is 46.1 Å². The summed E-state index contributed by atoms with van der Waals surface area (Å²) in [5.41, 5.74) is 1.67. The lowest BCUT2D eigenvalue weighted by molar-refractivity contribution is -0.147. The minimum absolute atomic E-state index is 0.0324. The molecule has 4 heteroatoms. The number of rotatable bonds is 6. The molecule has 1 saturated heterocycles. The van der Waals surface area contributed by atoms with E-state index in [4.69, 9.17) is 9.47 Å². The third-order valence-electron chi connectivity index (χ3n) is 4.60. The Morgan fingerprint density at radius 2 is 2.17 bits per heavy atom. The van der Waals surface area contributed by atoms with Crippen LogP contribution < -0.4 is 0 Å². The average Bonchev–Trinajstić information content (AvgIpc) is 2.77. The van der Waals surface area contributed by atoms with Gasteiger partial charge in [-0.1, -0.05) is 29.4 Å². The Kier molecular flexibility index (Phi) is 5.58. The highest BCUT2D eigenvalue weighted by molar-refractivity contribution is 5.99. The molecular formula is C19H26O4. The van der Waals surface area contributed by atoms with Crippen molar-refractivity contribution in [3.05, 3.63) is 35.5 Å². The number of ether oxygens (including phenoxy) is 2. The van der Waals surface area contributed by atoms with E-state index >= 15 is 0 Å². The van der Waals surface area contributed by atoms with Crippen LogP contribution in [0.4, 0.5) is 0 Å². The molecule has 1 aliphatic heterocycles. The predicted molar refractivity (Wildman–Crippen MR) is 88.9 cm³/mol. The van der Waals surface area contributed by atoms with Crippen LogP contribution in [0.15, 0.2) is 35.5 Å². The number of esters is 1. The molecule has 1 aliphatic carbocycles. The van der Waals surface area contributed by atoms with Gasteiger partial charge in [-0.15, -0.1) is 0 Å². The number of ketones is 1. The maximum absolute atomic E-state index is 12.5. The third kappa shape index (κ3) is 3.99. The lowest BCUT2D eigenvalue weighted by Gasteiger charge is -2.29. The molecule has 1 heterocycles. The lowest BCUT2D eigenvalue weighted by Crippen LogP contribution is -2.40. The van der Waals surface area contributed by atoms with Crippen molar-refractivity contribution in [2.24, 2.45) is 5.41 Å². The van der Waals surface area contributed by atoms with Gasteiger partial charge >= 0.3 is 5.97 Å². The summed E-state index contributed by atoms with van der Waals surface area (Å²) in [5.74, 6) is -0.395. The van der Waals surface area contributed by atoms with Crippen LogP contribution in [-0.4, -0.2) is 31.1 Å². The molecule has 0 radical (unpaired) electrons. The molecular weight excluding hydrogens is 292 g/mol. The van der Waals surface area contributed by atoms with E-state index in [1.165, 1.54) is 18.3 Å². The van der Waals surface area contributed by atoms with Crippen molar-refractivity contribution in [2.45, 2.75) is 58.7 Å². The molecule has 0 amide bonds. The van der Waals surface area contributed by atoms with Crippen LogP contribution in [0, 0.1) is 5.41 Å². The SMILES string of the molecule is COC(=O)C[C@@]12C[C@@H](C=CC1=O)O[C@@H]2/C=C(\C)CCC=C(C)C. The Balaban J connectivity index is 2.18. The second kappa shape index (κ2) is 7.26. The first-order valence-electron chi connectivity index (χ1n) is 8.13. The van der Waals surface area contributed by atoms with E-state index in [0.29, 0.717) is 6.42 Å². The molecule has 23 heavy (non-hydrogen) atoms. The molecule has 1 fully saturated rings. The van der Waals surface area contributed by atoms with Crippen LogP contribution in [0.2, 0.25) is 0 Å². The van der Waals surface area contributed by atoms with Crippen LogP contribution in [0.3, 0.4) is 0 Å². The summed E-state index contributed by atoms with van der Waals surface area (Å²) in [7, 11) is 1.35. The maximum Gasteiger partial charge on any atom is 0.306 e. The monoisotopic (exact) mass is 318 g/mol. The second-order valence-corrected chi connectivity index (χ2v) is 6.76. The molecule has 2 bridgehead atoms. The van der Waals surface area contributed by atoms with Crippen molar-refractivity contribution >= 4 is 11.8 Å². The quantitative estimate of drug-likeness (QED) is 0.555. The molecule has 126 valence electrons. The van der Waals surface area contributed by atoms with Gasteiger partial charge < -0.3 is 9.47 Å². The number of carbonyl (C=O) groups is 2. The number of carbonyl (C=O) groups excluding carboxylic acids is 2. The van der Waals surface area contributed by atoms with Crippen LogP contribution in [0.25, 0.3) is 0 Å². The maximum atomic E-state index is 12.5. The summed E-state index contributed by atoms with van der Waals surface area (Å²) in [6.45, 7) is 6.21. The van der Waals surface area contributed by atoms with Gasteiger partial charge in [-0.2, -0.15) is 0 Å². The molecule has 3 atom stereocenters. The molecule has 2 aliphatic rings. The fraction of sp³-hybridized carbons (Fsp3) is 0.579. The lowest BCUT2D eigenvalue weighted by atomic mass is 9.70. The second-order valence-electron chi connectivity index (χ2n) is 6.76. The van der Waals surface area contributed by atoms with Crippen molar-refractivity contribution in [3.63, 3.8) is 0 Å². The van der Waals surface area contributed by atoms with Gasteiger partial charge in [0.1, 0.15) is 0 Å². The molecule has 0 spiro atoms. The number of allylic oxidation sites excluding steroid dienone is 4. The van der Waals surface area contributed by atoms with Crippen molar-refractivity contribution in [1.29, 1.82) is 0 Å². The standard InChI is InChI=1S/C19H26O4/c1-13(2)6-5-7-14(3)10-17-19(12-18(21)22-4)11-15(23-17)8-9-16(19)20/h6,8-10,15,17H,5,7,11-12H2,1-4H3/b14-10+/t15-,17-,19+/m1/s1. The Labute approximate surface area is 138 Å². The fourth-order valence-corrected chi connectivity index (χ4v) is 3.28. The van der Waals surface area contributed by atoms with E-state index in [2.05, 4.69) is 19.9 Å². The van der Waals surface area contributed by atoms with Crippen LogP contribution >= 0.6 is 0 Å². The highest BCUT2D eigenvalue weighted by Crippen LogP contribution is 2.47. The van der Waals surface area contributed by atoms with Gasteiger partial charge in [0.2, 0.25) is 0 Å². The van der Waals surface area contributed by atoms with E-state index in [1.807, 2.05) is 13.0 Å². The smallest absolute Gasteiger partial charge is 0.306 e. The van der Waals surface area contributed by atoms with Gasteiger partial charge in [0, 0.05) is 0 Å². The van der Waals surface area contributed by atoms with Gasteiger partial charge in [0.25, 0.3) is 0 Å². The zero-order valence-electron chi connectivity index (χ0n) is 14.4. The molecule has 4 nitrogen and oxygen atoms in total. The minimum Gasteiger partial charge on any atom is -0.469 e. The van der Waals surface area contributed by atoms with Crippen LogP contribution in [0.1, 0.15) is 46.5 Å². The van der Waals surface area contributed by atoms with E-state index in [0.717, 1.165) is 12.8 Å². The highest BCUT2D eigenvalue weighted by atomic mass is 16.5. The molecule has 0 unspecified atom stereocenters. The van der Waals surface area contributed by atoms with Crippen LogP contribution in [-0.2, 0) is 19.1 Å². The Morgan fingerprint density at radius 1 is 1.43 bits per heavy atom. The molecule has 0 saturated carbocycles. The van der Waals surface area contributed by atoms with Gasteiger partial charge in [0.05, 0.1) is 31.2 Å². The summed E-state index contributed by atoms with van der Waals surface area (Å²) < 4.78 is 10.8. The zero-order valence-corrected chi connectivity index (χ0v) is 14.4. The van der Waals surface area contributed by atoms with Gasteiger partial charge in [0.15, 0.2) is 5.78 Å². The molecule has 2 rings (SSSR count). The Bertz CT molecular complexity index is 566. The summed E-state index contributed by atoms with van der Waals surface area (Å²) >= 11 is 0. The number of hydrogen-bond acceptors (Lipinski definition) is 4. The van der Waals surface area contributed by atoms with E-state index < -0.39 is 5.41 Å². The first-order valence-corrected chi connectivity index (χ1v) is 8.13. The molecule has 0 N–H and O–H groups in total. The van der Waals surface area contributed by atoms with E-state index in [-0.39, 0.29) is 30.4 Å². The largest absolute Gasteiger partial charge is 0.469 e. The van der Waals surface area contributed by atoms with E-state index in [9.17, 15) is 9.59 Å². The van der Waals surface area contributed by atoms with Crippen molar-refractivity contribution in [1.82, 2.24) is 0 Å². The Hall–Kier alpha value is -1.68. The Morgan fingerprint density at radius 3 is 2.83 bits per heavy atom. The average molecular weight is 318 g/mol. The topological polar surface area (TPSA) is 52.6 Å². The zero-order chi connectivity index (χ0) is 17.0.